The summed E-state index contributed by atoms with van der Waals surface area (Å²) in [6, 6.07) is 8.08. The molecule has 0 aromatic carbocycles. The number of ether oxygens (including phenoxy) is 1. The number of aromatic nitrogens is 3. The first-order chi connectivity index (χ1) is 12.8. The molecule has 0 bridgehead atoms. The minimum absolute atomic E-state index is 0.484. The Bertz CT molecular complexity index is 792. The smallest absolute Gasteiger partial charge is 0.163 e. The molecule has 4 heterocycles. The van der Waals surface area contributed by atoms with Crippen LogP contribution in [0.4, 0.5) is 17.3 Å². The second-order valence-electron chi connectivity index (χ2n) is 6.29. The summed E-state index contributed by atoms with van der Waals surface area (Å²) < 4.78 is 5.41. The Morgan fingerprint density at radius 2 is 1.54 bits per heavy atom. The van der Waals surface area contributed by atoms with Crippen LogP contribution in [0.5, 0.6) is 0 Å². The van der Waals surface area contributed by atoms with Gasteiger partial charge >= 0.3 is 0 Å². The van der Waals surface area contributed by atoms with E-state index < -0.39 is 0 Å². The van der Waals surface area contributed by atoms with Gasteiger partial charge < -0.3 is 19.4 Å². The molecule has 0 unspecified atom stereocenters. The van der Waals surface area contributed by atoms with E-state index in [9.17, 15) is 5.26 Å². The van der Waals surface area contributed by atoms with Crippen molar-refractivity contribution in [2.75, 3.05) is 67.2 Å². The minimum Gasteiger partial charge on any atom is -0.378 e. The van der Waals surface area contributed by atoms with Crippen molar-refractivity contribution in [1.29, 1.82) is 5.26 Å². The lowest BCUT2D eigenvalue weighted by molar-refractivity contribution is 0.122. The van der Waals surface area contributed by atoms with Gasteiger partial charge in [0.1, 0.15) is 24.0 Å². The lowest BCUT2D eigenvalue weighted by Crippen LogP contribution is -2.47. The predicted octanol–water partition coefficient (Wildman–Crippen LogP) is 0.906. The van der Waals surface area contributed by atoms with Gasteiger partial charge in [0, 0.05) is 51.5 Å². The van der Waals surface area contributed by atoms with E-state index in [4.69, 9.17) is 4.74 Å². The van der Waals surface area contributed by atoms with Gasteiger partial charge in [0.05, 0.1) is 18.9 Å². The zero-order valence-electron chi connectivity index (χ0n) is 14.6. The Balaban J connectivity index is 1.44. The fraction of sp³-hybridized carbons (Fsp3) is 0.444. The van der Waals surface area contributed by atoms with E-state index in [2.05, 4.69) is 41.8 Å². The molecule has 0 spiro atoms. The van der Waals surface area contributed by atoms with Crippen molar-refractivity contribution in [2.45, 2.75) is 0 Å². The molecule has 2 fully saturated rings. The molecule has 0 N–H and O–H groups in total. The average molecular weight is 351 g/mol. The molecule has 2 aromatic heterocycles. The largest absolute Gasteiger partial charge is 0.378 e. The van der Waals surface area contributed by atoms with E-state index in [1.165, 1.54) is 0 Å². The van der Waals surface area contributed by atoms with Crippen molar-refractivity contribution in [2.24, 2.45) is 0 Å². The summed E-state index contributed by atoms with van der Waals surface area (Å²) in [6.07, 6.45) is 3.30. The van der Waals surface area contributed by atoms with E-state index in [1.54, 1.807) is 12.5 Å². The molecule has 0 saturated carbocycles. The third kappa shape index (κ3) is 3.39. The van der Waals surface area contributed by atoms with Crippen LogP contribution in [0.2, 0.25) is 0 Å². The van der Waals surface area contributed by atoms with Crippen molar-refractivity contribution >= 4 is 17.3 Å². The maximum Gasteiger partial charge on any atom is 0.163 e. The fourth-order valence-electron chi connectivity index (χ4n) is 3.39. The summed E-state index contributed by atoms with van der Waals surface area (Å²) in [7, 11) is 0. The number of pyridine rings is 1. The number of morpholine rings is 1. The third-order valence-corrected chi connectivity index (χ3v) is 4.81. The molecular weight excluding hydrogens is 330 g/mol. The number of nitriles is 1. The van der Waals surface area contributed by atoms with Crippen LogP contribution in [0, 0.1) is 11.3 Å². The summed E-state index contributed by atoms with van der Waals surface area (Å²) in [6.45, 7) is 6.56. The lowest BCUT2D eigenvalue weighted by atomic mass is 10.2. The highest BCUT2D eigenvalue weighted by molar-refractivity contribution is 5.57. The molecule has 2 aliphatic rings. The molecular formula is C18H21N7O. The molecule has 4 rings (SSSR count). The molecule has 26 heavy (non-hydrogen) atoms. The van der Waals surface area contributed by atoms with Gasteiger partial charge in [-0.1, -0.05) is 0 Å². The molecule has 0 amide bonds. The Kier molecular flexibility index (Phi) is 4.80. The van der Waals surface area contributed by atoms with E-state index in [1.807, 2.05) is 12.1 Å². The molecule has 0 atom stereocenters. The highest BCUT2D eigenvalue weighted by Crippen LogP contribution is 2.23. The fourth-order valence-corrected chi connectivity index (χ4v) is 3.39. The summed E-state index contributed by atoms with van der Waals surface area (Å²) in [5, 5.41) is 9.25. The third-order valence-electron chi connectivity index (χ3n) is 4.81. The SMILES string of the molecule is N#Cc1ncccc1N1CCN(c2cc(N3CCOCC3)ncn2)CC1. The van der Waals surface area contributed by atoms with Gasteiger partial charge in [-0.2, -0.15) is 5.26 Å². The Hall–Kier alpha value is -2.92. The van der Waals surface area contributed by atoms with Crippen LogP contribution in [-0.4, -0.2) is 67.4 Å². The second-order valence-corrected chi connectivity index (χ2v) is 6.29. The van der Waals surface area contributed by atoms with Crippen LogP contribution < -0.4 is 14.7 Å². The quantitative estimate of drug-likeness (QED) is 0.807. The van der Waals surface area contributed by atoms with Gasteiger partial charge in [-0.3, -0.25) is 0 Å². The van der Waals surface area contributed by atoms with Crippen molar-refractivity contribution < 1.29 is 4.74 Å². The molecule has 2 aliphatic heterocycles. The highest BCUT2D eigenvalue weighted by Gasteiger charge is 2.22. The van der Waals surface area contributed by atoms with E-state index in [0.717, 1.165) is 69.8 Å². The average Bonchev–Trinajstić information content (AvgIpc) is 2.74. The normalized spacial score (nSPS) is 17.9. The molecule has 134 valence electrons. The topological polar surface area (TPSA) is 81.4 Å². The van der Waals surface area contributed by atoms with Gasteiger partial charge in [-0.15, -0.1) is 0 Å². The Labute approximate surface area is 152 Å². The number of hydrogen-bond acceptors (Lipinski definition) is 8. The van der Waals surface area contributed by atoms with Gasteiger partial charge in [0.15, 0.2) is 5.69 Å². The van der Waals surface area contributed by atoms with E-state index in [0.29, 0.717) is 5.69 Å². The van der Waals surface area contributed by atoms with Crippen molar-refractivity contribution in [3.8, 4) is 6.07 Å². The van der Waals surface area contributed by atoms with Crippen LogP contribution in [0.1, 0.15) is 5.69 Å². The first-order valence-corrected chi connectivity index (χ1v) is 8.85. The van der Waals surface area contributed by atoms with Crippen LogP contribution >= 0.6 is 0 Å². The first kappa shape index (κ1) is 16.5. The van der Waals surface area contributed by atoms with Crippen LogP contribution in [0.15, 0.2) is 30.7 Å². The van der Waals surface area contributed by atoms with Gasteiger partial charge in [-0.05, 0) is 12.1 Å². The summed E-state index contributed by atoms with van der Waals surface area (Å²) in [5.41, 5.74) is 1.39. The maximum atomic E-state index is 9.25. The Morgan fingerprint density at radius 1 is 0.885 bits per heavy atom. The zero-order valence-corrected chi connectivity index (χ0v) is 14.6. The minimum atomic E-state index is 0.484. The standard InChI is InChI=1S/C18H21N7O/c19-13-15-16(2-1-3-20-15)23-4-6-24(7-5-23)17-12-18(22-14-21-17)25-8-10-26-11-9-25/h1-3,12,14H,4-11H2. The van der Waals surface area contributed by atoms with Crippen molar-refractivity contribution in [3.63, 3.8) is 0 Å². The maximum absolute atomic E-state index is 9.25. The Morgan fingerprint density at radius 3 is 2.23 bits per heavy atom. The molecule has 8 heteroatoms. The first-order valence-electron chi connectivity index (χ1n) is 8.85. The monoisotopic (exact) mass is 351 g/mol. The van der Waals surface area contributed by atoms with Gasteiger partial charge in [0.25, 0.3) is 0 Å². The lowest BCUT2D eigenvalue weighted by Gasteiger charge is -2.37. The summed E-state index contributed by atoms with van der Waals surface area (Å²) in [4.78, 5) is 19.8. The molecule has 2 aromatic rings. The number of piperazine rings is 1. The zero-order chi connectivity index (χ0) is 17.8. The van der Waals surface area contributed by atoms with Crippen molar-refractivity contribution in [3.05, 3.63) is 36.4 Å². The molecule has 0 radical (unpaired) electrons. The summed E-state index contributed by atoms with van der Waals surface area (Å²) in [5.74, 6) is 1.91. The number of nitrogens with zero attached hydrogens (tertiary/aromatic N) is 7. The molecule has 8 nitrogen and oxygen atoms in total. The number of hydrogen-bond donors (Lipinski definition) is 0. The highest BCUT2D eigenvalue weighted by atomic mass is 16.5. The van der Waals surface area contributed by atoms with E-state index in [-0.39, 0.29) is 0 Å². The van der Waals surface area contributed by atoms with E-state index >= 15 is 0 Å². The van der Waals surface area contributed by atoms with Crippen molar-refractivity contribution in [1.82, 2.24) is 15.0 Å². The second kappa shape index (κ2) is 7.54. The van der Waals surface area contributed by atoms with Gasteiger partial charge in [0.2, 0.25) is 0 Å². The van der Waals surface area contributed by atoms with Crippen LogP contribution in [0.3, 0.4) is 0 Å². The van der Waals surface area contributed by atoms with Crippen LogP contribution in [-0.2, 0) is 4.74 Å². The van der Waals surface area contributed by atoms with Gasteiger partial charge in [-0.25, -0.2) is 15.0 Å². The predicted molar refractivity (Wildman–Crippen MR) is 98.4 cm³/mol. The summed E-state index contributed by atoms with van der Waals surface area (Å²) >= 11 is 0. The molecule has 2 saturated heterocycles. The van der Waals surface area contributed by atoms with Crippen LogP contribution in [0.25, 0.3) is 0 Å². The number of rotatable bonds is 3. The number of anilines is 3. The molecule has 0 aliphatic carbocycles.